The van der Waals surface area contributed by atoms with Gasteiger partial charge in [0.25, 0.3) is 0 Å². The Balaban J connectivity index is 1.43. The summed E-state index contributed by atoms with van der Waals surface area (Å²) in [7, 11) is 1.33. The van der Waals surface area contributed by atoms with E-state index in [0.29, 0.717) is 40.4 Å². The molecule has 2 aromatic rings. The zero-order chi connectivity index (χ0) is 32.0. The van der Waals surface area contributed by atoms with Crippen LogP contribution in [0.15, 0.2) is 60.3 Å². The molecule has 2 fully saturated rings. The maximum Gasteiger partial charge on any atom is 0.320 e. The number of methoxy groups -OCH3 is 1. The van der Waals surface area contributed by atoms with Gasteiger partial charge in [0, 0.05) is 34.6 Å². The summed E-state index contributed by atoms with van der Waals surface area (Å²) in [5.41, 5.74) is 0.851. The number of fused-ring (bicyclic) bond motifs is 1. The van der Waals surface area contributed by atoms with E-state index in [0.717, 1.165) is 18.4 Å². The van der Waals surface area contributed by atoms with Crippen LogP contribution >= 0.6 is 23.2 Å². The van der Waals surface area contributed by atoms with Crippen LogP contribution in [-0.4, -0.2) is 55.2 Å². The lowest BCUT2D eigenvalue weighted by atomic mass is 9.66. The van der Waals surface area contributed by atoms with Crippen molar-refractivity contribution in [2.75, 3.05) is 20.3 Å². The number of likely N-dealkylation sites (tertiary alicyclic amines) is 1. The number of carbonyl (C=O) groups is 3. The normalized spacial score (nSPS) is 25.3. The van der Waals surface area contributed by atoms with Crippen LogP contribution in [0.4, 0.5) is 0 Å². The number of esters is 1. The van der Waals surface area contributed by atoms with Crippen LogP contribution in [0.25, 0.3) is 0 Å². The number of benzene rings is 2. The Morgan fingerprint density at radius 1 is 1.09 bits per heavy atom. The summed E-state index contributed by atoms with van der Waals surface area (Å²) in [6, 6.07) is 14.9. The maximum atomic E-state index is 14.3. The molecule has 0 bridgehead atoms. The van der Waals surface area contributed by atoms with Crippen molar-refractivity contribution in [3.8, 4) is 0 Å². The fourth-order valence-electron chi connectivity index (χ4n) is 6.95. The van der Waals surface area contributed by atoms with Crippen molar-refractivity contribution in [3.05, 3.63) is 81.5 Å². The molecule has 1 aliphatic carbocycles. The van der Waals surface area contributed by atoms with Gasteiger partial charge >= 0.3 is 5.97 Å². The van der Waals surface area contributed by atoms with E-state index >= 15 is 0 Å². The highest BCUT2D eigenvalue weighted by atomic mass is 35.5. The molecule has 0 spiro atoms. The quantitative estimate of drug-likeness (QED) is 0.279. The number of ether oxygens (including phenoxy) is 3. The molecule has 2 amide bonds. The Morgan fingerprint density at radius 3 is 2.56 bits per heavy atom. The SMILES string of the molecule is COC(=O)[C@]12C[C@H](CC(=O)NCC3CCCCC3)C(=O)N(Cc3ccc(Cl)cc3Cl)C1=C[C@H](COCc1ccccc1)O[C@@H]2C. The Labute approximate surface area is 275 Å². The van der Waals surface area contributed by atoms with E-state index in [1.165, 1.54) is 26.4 Å². The number of piperidine rings is 1. The summed E-state index contributed by atoms with van der Waals surface area (Å²) in [6.45, 7) is 3.11. The van der Waals surface area contributed by atoms with E-state index in [9.17, 15) is 14.4 Å². The van der Waals surface area contributed by atoms with Gasteiger partial charge in [-0.3, -0.25) is 14.4 Å². The highest BCUT2D eigenvalue weighted by molar-refractivity contribution is 6.35. The van der Waals surface area contributed by atoms with Crippen molar-refractivity contribution in [2.24, 2.45) is 17.3 Å². The lowest BCUT2D eigenvalue weighted by molar-refractivity contribution is -0.178. The fraction of sp³-hybridized carbons (Fsp3) is 0.514. The van der Waals surface area contributed by atoms with Gasteiger partial charge in [-0.2, -0.15) is 0 Å². The van der Waals surface area contributed by atoms with E-state index < -0.39 is 29.5 Å². The second kappa shape index (κ2) is 15.1. The first-order valence-corrected chi connectivity index (χ1v) is 16.6. The van der Waals surface area contributed by atoms with Gasteiger partial charge in [-0.15, -0.1) is 0 Å². The summed E-state index contributed by atoms with van der Waals surface area (Å²) in [5.74, 6) is -1.28. The Hall–Kier alpha value is -2.91. The van der Waals surface area contributed by atoms with E-state index in [1.54, 1.807) is 29.2 Å². The molecule has 0 aromatic heterocycles. The van der Waals surface area contributed by atoms with Crippen molar-refractivity contribution in [3.63, 3.8) is 0 Å². The lowest BCUT2D eigenvalue weighted by Gasteiger charge is -2.51. The molecule has 2 heterocycles. The number of hydrogen-bond acceptors (Lipinski definition) is 6. The van der Waals surface area contributed by atoms with Gasteiger partial charge in [0.05, 0.1) is 33.0 Å². The monoisotopic (exact) mass is 656 g/mol. The van der Waals surface area contributed by atoms with Crippen LogP contribution in [0, 0.1) is 17.3 Å². The first-order chi connectivity index (χ1) is 21.7. The summed E-state index contributed by atoms with van der Waals surface area (Å²) in [4.78, 5) is 42.9. The summed E-state index contributed by atoms with van der Waals surface area (Å²) in [6.07, 6.45) is 6.44. The summed E-state index contributed by atoms with van der Waals surface area (Å²) < 4.78 is 17.8. The molecule has 5 rings (SSSR count). The Morgan fingerprint density at radius 2 is 1.84 bits per heavy atom. The van der Waals surface area contributed by atoms with E-state index in [1.807, 2.05) is 37.3 Å². The van der Waals surface area contributed by atoms with Crippen LogP contribution in [0.3, 0.4) is 0 Å². The van der Waals surface area contributed by atoms with Crippen molar-refractivity contribution in [2.45, 2.75) is 77.2 Å². The molecule has 4 atom stereocenters. The number of rotatable bonds is 11. The van der Waals surface area contributed by atoms with Crippen LogP contribution < -0.4 is 5.32 Å². The first-order valence-electron chi connectivity index (χ1n) is 15.8. The van der Waals surface area contributed by atoms with Crippen molar-refractivity contribution < 1.29 is 28.6 Å². The predicted octanol–water partition coefficient (Wildman–Crippen LogP) is 6.48. The van der Waals surface area contributed by atoms with E-state index in [-0.39, 0.29) is 37.8 Å². The molecular weight excluding hydrogens is 615 g/mol. The molecule has 2 aromatic carbocycles. The standard InChI is InChI=1S/C35H42Cl2N2O6/c1-23-35(34(42)43-2)18-27(15-32(40)38-19-24-9-5-3-6-10-24)33(41)39(20-26-13-14-28(36)16-30(26)37)31(35)17-29(45-23)22-44-21-25-11-7-4-8-12-25/h4,7-8,11-14,16-17,23-24,27,29H,3,5-6,9-10,15,18-22H2,1-2H3,(H,38,40)/t23-,27+,29-,35+/m1/s1. The number of halogens is 2. The third-order valence-corrected chi connectivity index (χ3v) is 9.97. The molecule has 45 heavy (non-hydrogen) atoms. The molecule has 1 N–H and O–H groups in total. The molecular formula is C35H42Cl2N2O6. The smallest absolute Gasteiger partial charge is 0.320 e. The minimum Gasteiger partial charge on any atom is -0.468 e. The van der Waals surface area contributed by atoms with Gasteiger partial charge < -0.3 is 24.4 Å². The molecule has 1 saturated carbocycles. The molecule has 0 unspecified atom stereocenters. The molecule has 1 saturated heterocycles. The first kappa shape index (κ1) is 33.5. The third kappa shape index (κ3) is 7.74. The predicted molar refractivity (Wildman–Crippen MR) is 172 cm³/mol. The minimum absolute atomic E-state index is 0.0429. The molecule has 242 valence electrons. The van der Waals surface area contributed by atoms with Gasteiger partial charge in [-0.05, 0) is 61.4 Å². The zero-order valence-corrected chi connectivity index (χ0v) is 27.4. The fourth-order valence-corrected chi connectivity index (χ4v) is 7.41. The number of nitrogens with zero attached hydrogens (tertiary/aromatic N) is 1. The van der Waals surface area contributed by atoms with Crippen LogP contribution in [-0.2, 0) is 41.7 Å². The number of hydrogen-bond donors (Lipinski definition) is 1. The second-order valence-corrected chi connectivity index (χ2v) is 13.2. The number of carbonyl (C=O) groups excluding carboxylic acids is 3. The van der Waals surface area contributed by atoms with Crippen LogP contribution in [0.5, 0.6) is 0 Å². The Kier molecular flexibility index (Phi) is 11.2. The third-order valence-electron chi connectivity index (χ3n) is 9.38. The maximum absolute atomic E-state index is 14.3. The molecule has 2 aliphatic heterocycles. The lowest BCUT2D eigenvalue weighted by Crippen LogP contribution is -2.60. The van der Waals surface area contributed by atoms with Gasteiger partial charge in [0.15, 0.2) is 0 Å². The molecule has 0 radical (unpaired) electrons. The average molecular weight is 658 g/mol. The van der Waals surface area contributed by atoms with Crippen LogP contribution in [0.2, 0.25) is 10.0 Å². The molecule has 10 heteroatoms. The average Bonchev–Trinajstić information content (AvgIpc) is 3.04. The van der Waals surface area contributed by atoms with Gasteiger partial charge in [-0.1, -0.05) is 78.9 Å². The Bertz CT molecular complexity index is 1400. The minimum atomic E-state index is -1.31. The number of amides is 2. The van der Waals surface area contributed by atoms with Gasteiger partial charge in [0.1, 0.15) is 11.5 Å². The highest BCUT2D eigenvalue weighted by Gasteiger charge is 2.59. The number of nitrogens with one attached hydrogen (secondary N) is 1. The summed E-state index contributed by atoms with van der Waals surface area (Å²) >= 11 is 12.7. The van der Waals surface area contributed by atoms with E-state index in [4.69, 9.17) is 37.4 Å². The van der Waals surface area contributed by atoms with E-state index in [2.05, 4.69) is 5.32 Å². The van der Waals surface area contributed by atoms with Crippen molar-refractivity contribution in [1.82, 2.24) is 10.2 Å². The largest absolute Gasteiger partial charge is 0.468 e. The summed E-state index contributed by atoms with van der Waals surface area (Å²) in [5, 5.41) is 3.93. The van der Waals surface area contributed by atoms with Gasteiger partial charge in [0.2, 0.25) is 11.8 Å². The van der Waals surface area contributed by atoms with Crippen LogP contribution in [0.1, 0.15) is 63.0 Å². The second-order valence-electron chi connectivity index (χ2n) is 12.4. The molecule has 8 nitrogen and oxygen atoms in total. The van der Waals surface area contributed by atoms with Crippen molar-refractivity contribution in [1.29, 1.82) is 0 Å². The topological polar surface area (TPSA) is 94.2 Å². The molecule has 3 aliphatic rings. The highest BCUT2D eigenvalue weighted by Crippen LogP contribution is 2.51. The van der Waals surface area contributed by atoms with Gasteiger partial charge in [-0.25, -0.2) is 0 Å². The zero-order valence-electron chi connectivity index (χ0n) is 25.9. The van der Waals surface area contributed by atoms with Crippen molar-refractivity contribution >= 4 is 41.0 Å².